The van der Waals surface area contributed by atoms with Crippen molar-refractivity contribution in [3.05, 3.63) is 47.1 Å². The van der Waals surface area contributed by atoms with E-state index in [9.17, 15) is 14.7 Å². The van der Waals surface area contributed by atoms with Crippen LogP contribution in [0.5, 0.6) is 0 Å². The number of halogens is 1. The van der Waals surface area contributed by atoms with E-state index in [1.807, 2.05) is 36.5 Å². The van der Waals surface area contributed by atoms with Crippen LogP contribution >= 0.6 is 11.6 Å². The second-order valence-corrected chi connectivity index (χ2v) is 11.2. The smallest absolute Gasteiger partial charge is 0.253 e. The third-order valence-electron chi connectivity index (χ3n) is 8.22. The lowest BCUT2D eigenvalue weighted by atomic mass is 9.78. The number of piperidine rings is 1. The van der Waals surface area contributed by atoms with Gasteiger partial charge in [0.05, 0.1) is 16.5 Å². The topological polar surface area (TPSA) is 77.0 Å². The third kappa shape index (κ3) is 4.71. The summed E-state index contributed by atoms with van der Waals surface area (Å²) in [5.41, 5.74) is 2.10. The van der Waals surface area contributed by atoms with Gasteiger partial charge in [-0.05, 0) is 68.7 Å². The Labute approximate surface area is 218 Å². The molecule has 2 saturated heterocycles. The maximum absolute atomic E-state index is 13.6. The Morgan fingerprint density at radius 3 is 2.47 bits per heavy atom. The summed E-state index contributed by atoms with van der Waals surface area (Å²) in [5, 5.41) is 10.4. The van der Waals surface area contributed by atoms with E-state index in [1.54, 1.807) is 19.0 Å². The zero-order chi connectivity index (χ0) is 25.4. The molecule has 2 amide bonds. The molecule has 0 bridgehead atoms. The van der Waals surface area contributed by atoms with Gasteiger partial charge in [-0.1, -0.05) is 23.7 Å². The van der Waals surface area contributed by atoms with E-state index in [2.05, 4.69) is 9.80 Å². The van der Waals surface area contributed by atoms with Gasteiger partial charge in [-0.3, -0.25) is 9.59 Å². The minimum absolute atomic E-state index is 0.0341. The number of rotatable bonds is 4. The first kappa shape index (κ1) is 25.0. The van der Waals surface area contributed by atoms with Gasteiger partial charge in [0, 0.05) is 57.1 Å². The molecule has 2 aromatic rings. The summed E-state index contributed by atoms with van der Waals surface area (Å²) in [6, 6.07) is 9.64. The summed E-state index contributed by atoms with van der Waals surface area (Å²) in [4.78, 5) is 36.4. The van der Waals surface area contributed by atoms with E-state index in [-0.39, 0.29) is 29.4 Å². The van der Waals surface area contributed by atoms with E-state index in [1.165, 1.54) is 0 Å². The van der Waals surface area contributed by atoms with Crippen molar-refractivity contribution in [3.63, 3.8) is 0 Å². The second-order valence-electron chi connectivity index (χ2n) is 10.8. The SMILES string of the molecule is CN(C)C(=O)c1ccc(-c2cnc(N3CCC[C@]4(CCN(C5CCC(O)CC5)C4=O)C3)c(Cl)c2)cc1. The second kappa shape index (κ2) is 10.0. The Bertz CT molecular complexity index is 1130. The Morgan fingerprint density at radius 2 is 1.81 bits per heavy atom. The zero-order valence-electron chi connectivity index (χ0n) is 21.1. The summed E-state index contributed by atoms with van der Waals surface area (Å²) in [5.74, 6) is 0.966. The third-order valence-corrected chi connectivity index (χ3v) is 8.50. The summed E-state index contributed by atoms with van der Waals surface area (Å²) >= 11 is 6.75. The number of aliphatic hydroxyl groups excluding tert-OH is 1. The van der Waals surface area contributed by atoms with Gasteiger partial charge in [0.1, 0.15) is 5.82 Å². The minimum atomic E-state index is -0.368. The monoisotopic (exact) mass is 510 g/mol. The number of carbonyl (C=O) groups is 2. The van der Waals surface area contributed by atoms with Crippen molar-refractivity contribution >= 4 is 29.2 Å². The molecular formula is C28H35ClN4O3. The molecule has 3 heterocycles. The van der Waals surface area contributed by atoms with Gasteiger partial charge in [0.25, 0.3) is 5.91 Å². The van der Waals surface area contributed by atoms with Gasteiger partial charge in [0.2, 0.25) is 5.91 Å². The molecule has 1 N–H and O–H groups in total. The first-order valence-electron chi connectivity index (χ1n) is 13.0. The van der Waals surface area contributed by atoms with Crippen LogP contribution in [0.2, 0.25) is 5.02 Å². The molecule has 3 fully saturated rings. The molecule has 0 radical (unpaired) electrons. The maximum atomic E-state index is 13.6. The number of benzene rings is 1. The number of aromatic nitrogens is 1. The number of hydrogen-bond acceptors (Lipinski definition) is 5. The zero-order valence-corrected chi connectivity index (χ0v) is 21.9. The summed E-state index contributed by atoms with van der Waals surface area (Å²) < 4.78 is 0. The lowest BCUT2D eigenvalue weighted by molar-refractivity contribution is -0.139. The van der Waals surface area contributed by atoms with Crippen LogP contribution in [0.1, 0.15) is 55.3 Å². The minimum Gasteiger partial charge on any atom is -0.393 e. The van der Waals surface area contributed by atoms with Crippen molar-refractivity contribution in [2.45, 2.75) is 57.1 Å². The van der Waals surface area contributed by atoms with Crippen LogP contribution in [0.4, 0.5) is 5.82 Å². The fraction of sp³-hybridized carbons (Fsp3) is 0.536. The first-order chi connectivity index (χ1) is 17.3. The summed E-state index contributed by atoms with van der Waals surface area (Å²) in [7, 11) is 3.47. The molecule has 7 nitrogen and oxygen atoms in total. The Hall–Kier alpha value is -2.64. The molecule has 1 aliphatic carbocycles. The van der Waals surface area contributed by atoms with Gasteiger partial charge in [-0.15, -0.1) is 0 Å². The first-order valence-corrected chi connectivity index (χ1v) is 13.4. The van der Waals surface area contributed by atoms with Crippen LogP contribution in [0.3, 0.4) is 0 Å². The lowest BCUT2D eigenvalue weighted by Gasteiger charge is -2.41. The molecule has 3 aliphatic rings. The normalized spacial score (nSPS) is 26.5. The molecular weight excluding hydrogens is 476 g/mol. The number of amides is 2. The Kier molecular flexibility index (Phi) is 6.97. The van der Waals surface area contributed by atoms with Crippen LogP contribution in [0.15, 0.2) is 36.5 Å². The van der Waals surface area contributed by atoms with Crippen LogP contribution in [-0.4, -0.2) is 77.6 Å². The van der Waals surface area contributed by atoms with Gasteiger partial charge in [-0.25, -0.2) is 4.98 Å². The van der Waals surface area contributed by atoms with Gasteiger partial charge in [0.15, 0.2) is 0 Å². The number of aliphatic hydroxyl groups is 1. The Morgan fingerprint density at radius 1 is 1.08 bits per heavy atom. The molecule has 192 valence electrons. The highest BCUT2D eigenvalue weighted by molar-refractivity contribution is 6.33. The van der Waals surface area contributed by atoms with Crippen LogP contribution in [0, 0.1) is 5.41 Å². The van der Waals surface area contributed by atoms with E-state index >= 15 is 0 Å². The number of carbonyl (C=O) groups excluding carboxylic acids is 2. The van der Waals surface area contributed by atoms with E-state index in [4.69, 9.17) is 16.6 Å². The molecule has 36 heavy (non-hydrogen) atoms. The highest BCUT2D eigenvalue weighted by atomic mass is 35.5. The van der Waals surface area contributed by atoms with Crippen molar-refractivity contribution in [1.82, 2.24) is 14.8 Å². The van der Waals surface area contributed by atoms with Crippen molar-refractivity contribution < 1.29 is 14.7 Å². The van der Waals surface area contributed by atoms with Crippen LogP contribution in [-0.2, 0) is 4.79 Å². The molecule has 1 aromatic carbocycles. The van der Waals surface area contributed by atoms with E-state index < -0.39 is 0 Å². The predicted octanol–water partition coefficient (Wildman–Crippen LogP) is 4.23. The molecule has 1 atom stereocenters. The molecule has 5 rings (SSSR count). The largest absolute Gasteiger partial charge is 0.393 e. The number of likely N-dealkylation sites (tertiary alicyclic amines) is 1. The fourth-order valence-electron chi connectivity index (χ4n) is 6.14. The molecule has 1 saturated carbocycles. The standard InChI is InChI=1S/C28H35ClN4O3/c1-31(2)26(35)20-6-4-19(5-7-20)21-16-24(29)25(30-17-21)32-14-3-12-28(18-32)13-15-33(27(28)36)22-8-10-23(34)11-9-22/h4-7,16-17,22-23,34H,3,8-15,18H2,1-2H3/t22?,23?,28-/m0/s1. The number of anilines is 1. The number of hydrogen-bond donors (Lipinski definition) is 1. The van der Waals surface area contributed by atoms with Crippen molar-refractivity contribution in [2.75, 3.05) is 38.6 Å². The van der Waals surface area contributed by atoms with Gasteiger partial charge in [-0.2, -0.15) is 0 Å². The highest BCUT2D eigenvalue weighted by Crippen LogP contribution is 2.44. The van der Waals surface area contributed by atoms with Gasteiger partial charge < -0.3 is 19.8 Å². The number of nitrogens with zero attached hydrogens (tertiary/aromatic N) is 4. The highest BCUT2D eigenvalue weighted by Gasteiger charge is 2.51. The summed E-state index contributed by atoms with van der Waals surface area (Å²) in [6.45, 7) is 2.28. The molecule has 8 heteroatoms. The maximum Gasteiger partial charge on any atom is 0.253 e. The van der Waals surface area contributed by atoms with Crippen LogP contribution < -0.4 is 4.90 Å². The predicted molar refractivity (Wildman–Crippen MR) is 141 cm³/mol. The molecule has 1 aromatic heterocycles. The van der Waals surface area contributed by atoms with Crippen molar-refractivity contribution in [3.8, 4) is 11.1 Å². The van der Waals surface area contributed by atoms with E-state index in [0.717, 1.165) is 75.0 Å². The quantitative estimate of drug-likeness (QED) is 0.666. The average Bonchev–Trinajstić information content (AvgIpc) is 3.19. The summed E-state index contributed by atoms with van der Waals surface area (Å²) in [6.07, 6.45) is 7.68. The molecule has 2 aliphatic heterocycles. The molecule has 0 unspecified atom stereocenters. The molecule has 1 spiro atoms. The van der Waals surface area contributed by atoms with Crippen LogP contribution in [0.25, 0.3) is 11.1 Å². The number of pyridine rings is 1. The van der Waals surface area contributed by atoms with Gasteiger partial charge >= 0.3 is 0 Å². The average molecular weight is 511 g/mol. The Balaban J connectivity index is 1.30. The van der Waals surface area contributed by atoms with Crippen molar-refractivity contribution in [2.24, 2.45) is 5.41 Å². The lowest BCUT2D eigenvalue weighted by Crippen LogP contribution is -2.50. The van der Waals surface area contributed by atoms with Crippen molar-refractivity contribution in [1.29, 1.82) is 0 Å². The van der Waals surface area contributed by atoms with E-state index in [0.29, 0.717) is 17.1 Å². The fourth-order valence-corrected chi connectivity index (χ4v) is 6.43.